The highest BCUT2D eigenvalue weighted by atomic mass is 32.2. The van der Waals surface area contributed by atoms with Gasteiger partial charge in [0.25, 0.3) is 0 Å². The summed E-state index contributed by atoms with van der Waals surface area (Å²) in [6.07, 6.45) is 12.2. The fourth-order valence-electron chi connectivity index (χ4n) is 5.09. The number of methoxy groups -OCH3 is 1. The lowest BCUT2D eigenvalue weighted by atomic mass is 9.77. The average molecular weight is 484 g/mol. The monoisotopic (exact) mass is 483 g/mol. The molecule has 0 radical (unpaired) electrons. The molecule has 0 spiro atoms. The summed E-state index contributed by atoms with van der Waals surface area (Å²) < 4.78 is 35.0. The molecular formula is C25H33N5O3S. The van der Waals surface area contributed by atoms with Crippen molar-refractivity contribution in [3.8, 4) is 5.75 Å². The van der Waals surface area contributed by atoms with E-state index in [1.165, 1.54) is 0 Å². The zero-order valence-corrected chi connectivity index (χ0v) is 20.7. The molecule has 1 aromatic rings. The second-order valence-corrected chi connectivity index (χ2v) is 11.8. The molecule has 0 bridgehead atoms. The van der Waals surface area contributed by atoms with Crippen LogP contribution in [0.5, 0.6) is 5.75 Å². The summed E-state index contributed by atoms with van der Waals surface area (Å²) in [6.45, 7) is 4.39. The van der Waals surface area contributed by atoms with Gasteiger partial charge in [-0.3, -0.25) is 9.98 Å². The molecule has 4 aliphatic rings. The number of ether oxygens (including phenoxy) is 1. The molecule has 2 unspecified atom stereocenters. The van der Waals surface area contributed by atoms with Crippen molar-refractivity contribution in [2.45, 2.75) is 45.2 Å². The van der Waals surface area contributed by atoms with E-state index in [2.05, 4.69) is 21.1 Å². The third-order valence-corrected chi connectivity index (χ3v) is 8.54. The first-order valence-electron chi connectivity index (χ1n) is 12.0. The van der Waals surface area contributed by atoms with Crippen LogP contribution in [0.2, 0.25) is 0 Å². The van der Waals surface area contributed by atoms with Gasteiger partial charge in [0.15, 0.2) is 0 Å². The predicted molar refractivity (Wildman–Crippen MR) is 134 cm³/mol. The lowest BCUT2D eigenvalue weighted by Crippen LogP contribution is -2.38. The first-order valence-corrected chi connectivity index (χ1v) is 13.5. The van der Waals surface area contributed by atoms with Crippen molar-refractivity contribution in [1.29, 1.82) is 0 Å². The largest absolute Gasteiger partial charge is 0.495 e. The van der Waals surface area contributed by atoms with Crippen molar-refractivity contribution in [1.82, 2.24) is 9.71 Å². The van der Waals surface area contributed by atoms with Gasteiger partial charge in [-0.2, -0.15) is 0 Å². The number of pyridine rings is 1. The van der Waals surface area contributed by atoms with Gasteiger partial charge < -0.3 is 15.8 Å². The number of hydrogen-bond acceptors (Lipinski definition) is 7. The van der Waals surface area contributed by atoms with E-state index in [9.17, 15) is 8.42 Å². The fourth-order valence-corrected chi connectivity index (χ4v) is 6.67. The van der Waals surface area contributed by atoms with Crippen molar-refractivity contribution in [2.24, 2.45) is 34.4 Å². The number of nitrogens with one attached hydrogen (secondary N) is 2. The Morgan fingerprint density at radius 2 is 2.03 bits per heavy atom. The molecule has 2 heterocycles. The van der Waals surface area contributed by atoms with Crippen LogP contribution < -0.4 is 20.5 Å². The molecule has 0 aromatic carbocycles. The smallest absolute Gasteiger partial charge is 0.237 e. The quantitative estimate of drug-likeness (QED) is 0.523. The topological polar surface area (TPSA) is 119 Å². The summed E-state index contributed by atoms with van der Waals surface area (Å²) in [4.78, 5) is 9.43. The average Bonchev–Trinajstić information content (AvgIpc) is 3.62. The Balaban J connectivity index is 1.53. The van der Waals surface area contributed by atoms with Crippen LogP contribution in [0.1, 0.15) is 33.1 Å². The van der Waals surface area contributed by atoms with Gasteiger partial charge in [-0.25, -0.2) is 13.1 Å². The number of nitrogens with zero attached hydrogens (tertiary/aromatic N) is 2. The number of nitrogens with two attached hydrogens (primary N) is 1. The zero-order valence-electron chi connectivity index (χ0n) is 19.9. The molecule has 34 heavy (non-hydrogen) atoms. The van der Waals surface area contributed by atoms with Crippen molar-refractivity contribution < 1.29 is 13.2 Å². The van der Waals surface area contributed by atoms with E-state index in [4.69, 9.17) is 15.5 Å². The molecule has 4 N–H and O–H groups in total. The van der Waals surface area contributed by atoms with Crippen LogP contribution in [0, 0.1) is 23.7 Å². The zero-order chi connectivity index (χ0) is 24.0. The maximum atomic E-state index is 13.4. The number of fused-ring (bicyclic) bond motifs is 2. The number of sulfonamides is 1. The normalized spacial score (nSPS) is 28.4. The van der Waals surface area contributed by atoms with Crippen LogP contribution in [0.25, 0.3) is 0 Å². The Morgan fingerprint density at radius 3 is 2.74 bits per heavy atom. The van der Waals surface area contributed by atoms with Gasteiger partial charge in [-0.05, 0) is 42.4 Å². The molecule has 4 atom stereocenters. The van der Waals surface area contributed by atoms with Crippen LogP contribution in [-0.4, -0.2) is 45.4 Å². The standard InChI is InChI=1S/C25H33N5O3S/c1-14(2)10-29-34(31,32)24-8-19-21(26)9-23(30-16-6-17(33-3)12-27-11-16)25(19)20-13-28-22(7-18(20)24)15-4-5-15/h6-8,11-15,18,20-21,23,29-30H,4-5,9-10,26H2,1-3H3/t18?,20?,21-,23-/m0/s1. The number of hydrogen-bond donors (Lipinski definition) is 3. The van der Waals surface area contributed by atoms with E-state index in [-0.39, 0.29) is 29.8 Å². The van der Waals surface area contributed by atoms with Crippen LogP contribution in [-0.2, 0) is 10.0 Å². The highest BCUT2D eigenvalue weighted by Crippen LogP contribution is 2.48. The Morgan fingerprint density at radius 1 is 1.24 bits per heavy atom. The van der Waals surface area contributed by atoms with Gasteiger partial charge in [-0.15, -0.1) is 0 Å². The SMILES string of the molecule is COc1cncc(N[C@H]2C[C@H](N)C3=C2C2C=NC(C4CC4)=CC2C(S(=O)(=O)NCC(C)C)=C3)c1. The maximum absolute atomic E-state index is 13.4. The van der Waals surface area contributed by atoms with E-state index < -0.39 is 10.0 Å². The third kappa shape index (κ3) is 4.44. The molecule has 5 rings (SSSR count). The summed E-state index contributed by atoms with van der Waals surface area (Å²) in [5, 5.41) is 3.56. The van der Waals surface area contributed by atoms with E-state index >= 15 is 0 Å². The van der Waals surface area contributed by atoms with Crippen molar-refractivity contribution in [3.63, 3.8) is 0 Å². The lowest BCUT2D eigenvalue weighted by Gasteiger charge is -2.35. The first kappa shape index (κ1) is 23.3. The molecule has 182 valence electrons. The van der Waals surface area contributed by atoms with Crippen molar-refractivity contribution >= 4 is 21.9 Å². The van der Waals surface area contributed by atoms with Gasteiger partial charge in [0.05, 0.1) is 36.1 Å². The number of aromatic nitrogens is 1. The van der Waals surface area contributed by atoms with Gasteiger partial charge in [-0.1, -0.05) is 19.9 Å². The molecule has 3 aliphatic carbocycles. The minimum Gasteiger partial charge on any atom is -0.495 e. The first-order chi connectivity index (χ1) is 16.3. The molecule has 0 saturated heterocycles. The highest BCUT2D eigenvalue weighted by Gasteiger charge is 2.46. The molecule has 0 amide bonds. The van der Waals surface area contributed by atoms with E-state index in [0.29, 0.717) is 29.5 Å². The maximum Gasteiger partial charge on any atom is 0.237 e. The van der Waals surface area contributed by atoms with Gasteiger partial charge >= 0.3 is 0 Å². The molecule has 1 aliphatic heterocycles. The van der Waals surface area contributed by atoms with E-state index in [1.54, 1.807) is 19.5 Å². The number of anilines is 1. The second-order valence-electron chi connectivity index (χ2n) is 10.1. The summed E-state index contributed by atoms with van der Waals surface area (Å²) in [5.41, 5.74) is 10.4. The molecular weight excluding hydrogens is 450 g/mol. The Hall–Kier alpha value is -2.49. The molecule has 8 nitrogen and oxygen atoms in total. The second kappa shape index (κ2) is 8.94. The van der Waals surface area contributed by atoms with E-state index in [0.717, 1.165) is 35.4 Å². The summed E-state index contributed by atoms with van der Waals surface area (Å²) in [6, 6.07) is 1.60. The van der Waals surface area contributed by atoms with Crippen LogP contribution >= 0.6 is 0 Å². The predicted octanol–water partition coefficient (Wildman–Crippen LogP) is 2.98. The summed E-state index contributed by atoms with van der Waals surface area (Å²) in [7, 11) is -2.04. The van der Waals surface area contributed by atoms with Crippen LogP contribution in [0.4, 0.5) is 5.69 Å². The number of allylic oxidation sites excluding steroid dienone is 3. The highest BCUT2D eigenvalue weighted by molar-refractivity contribution is 7.93. The summed E-state index contributed by atoms with van der Waals surface area (Å²) >= 11 is 0. The minimum absolute atomic E-state index is 0.0436. The van der Waals surface area contributed by atoms with Crippen LogP contribution in [0.15, 0.2) is 57.4 Å². The molecule has 1 aromatic heterocycles. The van der Waals surface area contributed by atoms with Gasteiger partial charge in [0.1, 0.15) is 5.75 Å². The van der Waals surface area contributed by atoms with E-state index in [1.807, 2.05) is 32.2 Å². The summed E-state index contributed by atoms with van der Waals surface area (Å²) in [5.74, 6) is 0.896. The number of aliphatic imine (C=N–C) groups is 1. The van der Waals surface area contributed by atoms with Crippen molar-refractivity contribution in [2.75, 3.05) is 19.0 Å². The Labute approximate surface area is 201 Å². The molecule has 9 heteroatoms. The van der Waals surface area contributed by atoms with Crippen LogP contribution in [0.3, 0.4) is 0 Å². The number of rotatable bonds is 8. The Kier molecular flexibility index (Phi) is 6.12. The van der Waals surface area contributed by atoms with Crippen molar-refractivity contribution in [3.05, 3.63) is 52.4 Å². The third-order valence-electron chi connectivity index (χ3n) is 6.98. The Bertz CT molecular complexity index is 1200. The van der Waals surface area contributed by atoms with Gasteiger partial charge in [0.2, 0.25) is 10.0 Å². The molecule has 1 fully saturated rings. The molecule has 1 saturated carbocycles. The lowest BCUT2D eigenvalue weighted by molar-refractivity contribution is 0.413. The minimum atomic E-state index is -3.66. The van der Waals surface area contributed by atoms with Gasteiger partial charge in [0, 0.05) is 48.3 Å². The fraction of sp³-hybridized carbons (Fsp3) is 0.520.